The second-order valence-corrected chi connectivity index (χ2v) is 9.69. The molecule has 0 bridgehead atoms. The van der Waals surface area contributed by atoms with Crippen LogP contribution in [0.1, 0.15) is 38.8 Å². The van der Waals surface area contributed by atoms with Crippen LogP contribution in [0.3, 0.4) is 0 Å². The summed E-state index contributed by atoms with van der Waals surface area (Å²) in [6.07, 6.45) is 5.91. The normalized spacial score (nSPS) is 14.1. The molecule has 0 unspecified atom stereocenters. The second-order valence-electron chi connectivity index (χ2n) is 9.31. The van der Waals surface area contributed by atoms with Gasteiger partial charge in [0.2, 0.25) is 0 Å². The van der Waals surface area contributed by atoms with Crippen LogP contribution in [0.25, 0.3) is 11.3 Å². The van der Waals surface area contributed by atoms with E-state index in [1.165, 1.54) is 24.8 Å². The zero-order chi connectivity index (χ0) is 29.3. The van der Waals surface area contributed by atoms with Gasteiger partial charge in [0, 0.05) is 23.4 Å². The molecule has 41 heavy (non-hydrogen) atoms. The molecule has 8 nitrogen and oxygen atoms in total. The molecule has 0 radical (unpaired) electrons. The maximum Gasteiger partial charge on any atom is 0.496 e. The van der Waals surface area contributed by atoms with E-state index in [0.717, 1.165) is 0 Å². The van der Waals surface area contributed by atoms with Crippen molar-refractivity contribution in [2.45, 2.75) is 38.9 Å². The minimum absolute atomic E-state index is 0. The topological polar surface area (TPSA) is 118 Å². The van der Waals surface area contributed by atoms with E-state index in [-0.39, 0.29) is 23.5 Å². The first-order valence-corrected chi connectivity index (χ1v) is 12.3. The molecule has 1 aliphatic heterocycles. The molecule has 0 saturated carbocycles. The molecular weight excluding hydrogens is 572 g/mol. The Kier molecular flexibility index (Phi) is 11.8. The van der Waals surface area contributed by atoms with Crippen LogP contribution in [-0.2, 0) is 9.31 Å². The molecule has 2 aromatic carbocycles. The van der Waals surface area contributed by atoms with Gasteiger partial charge in [-0.2, -0.15) is 10.5 Å². The molecule has 3 heterocycles. The molecule has 2 aromatic heterocycles. The van der Waals surface area contributed by atoms with E-state index in [1.54, 1.807) is 48.8 Å². The molecule has 0 spiro atoms. The van der Waals surface area contributed by atoms with Crippen LogP contribution in [-0.4, -0.2) is 38.3 Å². The molecule has 0 N–H and O–H groups in total. The number of benzene rings is 2. The summed E-state index contributed by atoms with van der Waals surface area (Å²) in [5, 5.41) is 18.3. The van der Waals surface area contributed by atoms with Gasteiger partial charge in [0.05, 0.1) is 28.0 Å². The van der Waals surface area contributed by atoms with E-state index in [4.69, 9.17) is 31.4 Å². The van der Waals surface area contributed by atoms with Crippen LogP contribution in [0.2, 0.25) is 5.15 Å². The number of nitriles is 2. The van der Waals surface area contributed by atoms with Crippen LogP contribution < -0.4 is 5.46 Å². The van der Waals surface area contributed by atoms with Crippen LogP contribution in [0.4, 0.5) is 8.78 Å². The standard InChI is InChI=1S/C13H15BFNO2.C11H6FN3.C4H3ClN2.ClH/c1-12(2)13(3,4)18-14(17-12)10-6-5-7-11(15)9(10)8-16;12-10-3-1-2-8(9(10)6-13)11-4-5-14-7-15-11;5-4-1-2-6-3-7-4;/h5-7H,1-4H3;1-5,7H;1-3H;1H. The average molecular weight is 597 g/mol. The van der Waals surface area contributed by atoms with Gasteiger partial charge in [0.1, 0.15) is 41.6 Å². The van der Waals surface area contributed by atoms with Gasteiger partial charge in [-0.15, -0.1) is 12.4 Å². The third-order valence-corrected chi connectivity index (χ3v) is 6.42. The van der Waals surface area contributed by atoms with Crippen LogP contribution in [0, 0.1) is 34.3 Å². The summed E-state index contributed by atoms with van der Waals surface area (Å²) >= 11 is 5.39. The van der Waals surface area contributed by atoms with E-state index < -0.39 is 30.0 Å². The van der Waals surface area contributed by atoms with Crippen molar-refractivity contribution in [2.24, 2.45) is 0 Å². The van der Waals surface area contributed by atoms with Crippen molar-refractivity contribution in [1.82, 2.24) is 19.9 Å². The second kappa shape index (κ2) is 14.6. The highest BCUT2D eigenvalue weighted by Gasteiger charge is 2.52. The number of rotatable bonds is 2. The zero-order valence-corrected chi connectivity index (χ0v) is 24.1. The number of halogens is 4. The molecule has 0 atom stereocenters. The molecule has 13 heteroatoms. The molecule has 1 fully saturated rings. The molecule has 210 valence electrons. The smallest absolute Gasteiger partial charge is 0.399 e. The van der Waals surface area contributed by atoms with Gasteiger partial charge >= 0.3 is 7.12 Å². The predicted octanol–water partition coefficient (Wildman–Crippen LogP) is 5.70. The van der Waals surface area contributed by atoms with Gasteiger partial charge in [-0.1, -0.05) is 35.9 Å². The monoisotopic (exact) mass is 596 g/mol. The first kappa shape index (κ1) is 33.2. The van der Waals surface area contributed by atoms with Crippen molar-refractivity contribution in [2.75, 3.05) is 0 Å². The molecule has 0 amide bonds. The van der Waals surface area contributed by atoms with Crippen molar-refractivity contribution in [3.05, 3.63) is 101 Å². The summed E-state index contributed by atoms with van der Waals surface area (Å²) in [7, 11) is -0.708. The number of aromatic nitrogens is 4. The fraction of sp³-hybridized carbons (Fsp3) is 0.214. The third-order valence-electron chi connectivity index (χ3n) is 6.19. The van der Waals surface area contributed by atoms with Crippen LogP contribution >= 0.6 is 24.0 Å². The SMILES string of the molecule is CC1(C)OB(c2cccc(F)c2C#N)OC1(C)C.Cl.Clc1ccncn1.N#Cc1c(F)cccc1-c1ccncn1. The highest BCUT2D eigenvalue weighted by Crippen LogP contribution is 2.36. The Morgan fingerprint density at radius 2 is 1.32 bits per heavy atom. The lowest BCUT2D eigenvalue weighted by Gasteiger charge is -2.32. The fourth-order valence-electron chi connectivity index (χ4n) is 3.40. The summed E-state index contributed by atoms with van der Waals surface area (Å²) in [4.78, 5) is 15.0. The lowest BCUT2D eigenvalue weighted by molar-refractivity contribution is 0.00578. The maximum atomic E-state index is 13.6. The van der Waals surface area contributed by atoms with Crippen molar-refractivity contribution in [3.63, 3.8) is 0 Å². The molecule has 1 aliphatic rings. The summed E-state index contributed by atoms with van der Waals surface area (Å²) < 4.78 is 38.4. The molecule has 1 saturated heterocycles. The van der Waals surface area contributed by atoms with Gasteiger partial charge < -0.3 is 9.31 Å². The van der Waals surface area contributed by atoms with Crippen LogP contribution in [0.5, 0.6) is 0 Å². The number of nitrogens with zero attached hydrogens (tertiary/aromatic N) is 6. The first-order chi connectivity index (χ1) is 19.0. The summed E-state index contributed by atoms with van der Waals surface area (Å²) in [5.74, 6) is -1.08. The van der Waals surface area contributed by atoms with Crippen molar-refractivity contribution in [3.8, 4) is 23.4 Å². The lowest BCUT2D eigenvalue weighted by atomic mass is 9.76. The minimum Gasteiger partial charge on any atom is -0.399 e. The predicted molar refractivity (Wildman–Crippen MR) is 153 cm³/mol. The average Bonchev–Trinajstić information content (AvgIpc) is 3.16. The third kappa shape index (κ3) is 8.26. The quantitative estimate of drug-likeness (QED) is 0.213. The Morgan fingerprint density at radius 1 is 0.780 bits per heavy atom. The Hall–Kier alpha value is -4.00. The summed E-state index contributed by atoms with van der Waals surface area (Å²) in [6.45, 7) is 7.66. The Labute approximate surface area is 248 Å². The van der Waals surface area contributed by atoms with Crippen molar-refractivity contribution >= 4 is 36.6 Å². The van der Waals surface area contributed by atoms with E-state index in [1.807, 2.05) is 39.8 Å². The van der Waals surface area contributed by atoms with Gasteiger partial charge in [0.25, 0.3) is 0 Å². The zero-order valence-electron chi connectivity index (χ0n) is 22.5. The minimum atomic E-state index is -0.708. The van der Waals surface area contributed by atoms with E-state index in [9.17, 15) is 8.78 Å². The summed E-state index contributed by atoms with van der Waals surface area (Å²) in [5.41, 5.74) is 0.456. The molecular formula is C28H25BCl2F2N6O2. The molecule has 5 rings (SSSR count). The van der Waals surface area contributed by atoms with Crippen molar-refractivity contribution in [1.29, 1.82) is 10.5 Å². The van der Waals surface area contributed by atoms with Gasteiger partial charge in [-0.3, -0.25) is 0 Å². The van der Waals surface area contributed by atoms with Gasteiger partial charge in [0.15, 0.2) is 0 Å². The first-order valence-electron chi connectivity index (χ1n) is 11.9. The fourth-order valence-corrected chi connectivity index (χ4v) is 3.50. The van der Waals surface area contributed by atoms with Gasteiger partial charge in [-0.25, -0.2) is 28.7 Å². The highest BCUT2D eigenvalue weighted by molar-refractivity contribution is 6.62. The lowest BCUT2D eigenvalue weighted by Crippen LogP contribution is -2.41. The maximum absolute atomic E-state index is 13.6. The van der Waals surface area contributed by atoms with E-state index >= 15 is 0 Å². The van der Waals surface area contributed by atoms with Gasteiger partial charge in [-0.05, 0) is 52.0 Å². The van der Waals surface area contributed by atoms with Crippen LogP contribution in [0.15, 0.2) is 73.6 Å². The van der Waals surface area contributed by atoms with Crippen molar-refractivity contribution < 1.29 is 18.1 Å². The van der Waals surface area contributed by atoms with E-state index in [2.05, 4.69) is 19.9 Å². The number of hydrogen-bond acceptors (Lipinski definition) is 8. The number of hydrogen-bond donors (Lipinski definition) is 0. The Balaban J connectivity index is 0.000000231. The molecule has 0 aliphatic carbocycles. The Bertz CT molecular complexity index is 1520. The highest BCUT2D eigenvalue weighted by atomic mass is 35.5. The molecule has 4 aromatic rings. The Morgan fingerprint density at radius 3 is 1.78 bits per heavy atom. The van der Waals surface area contributed by atoms with E-state index in [0.29, 0.717) is 21.9 Å². The summed E-state index contributed by atoms with van der Waals surface area (Å²) in [6, 6.07) is 15.9. The largest absolute Gasteiger partial charge is 0.496 e.